The predicted molar refractivity (Wildman–Crippen MR) is 95.6 cm³/mol. The summed E-state index contributed by atoms with van der Waals surface area (Å²) < 4.78 is 0. The molecule has 0 aliphatic heterocycles. The molecular formula is C17H21N5O2. The molecule has 1 heterocycles. The third-order valence-electron chi connectivity index (χ3n) is 2.90. The highest BCUT2D eigenvalue weighted by atomic mass is 16.2. The first-order chi connectivity index (χ1) is 11.4. The smallest absolute Gasteiger partial charge is 0.319 e. The minimum atomic E-state index is -0.268. The maximum Gasteiger partial charge on any atom is 0.319 e. The third kappa shape index (κ3) is 5.60. The zero-order valence-electron chi connectivity index (χ0n) is 13.9. The first-order valence-electron chi connectivity index (χ1n) is 7.60. The van der Waals surface area contributed by atoms with Crippen LogP contribution in [0.2, 0.25) is 0 Å². The highest BCUT2D eigenvalue weighted by Gasteiger charge is 2.04. The summed E-state index contributed by atoms with van der Waals surface area (Å²) in [6, 6.07) is 10.6. The number of carbonyl (C=O) groups excluding carboxylic acids is 2. The molecule has 0 atom stereocenters. The van der Waals surface area contributed by atoms with Gasteiger partial charge in [-0.3, -0.25) is 4.79 Å². The maximum atomic E-state index is 11.6. The van der Waals surface area contributed by atoms with Gasteiger partial charge in [0.1, 0.15) is 5.82 Å². The molecule has 2 aromatic rings. The van der Waals surface area contributed by atoms with Crippen LogP contribution in [-0.4, -0.2) is 23.0 Å². The first kappa shape index (κ1) is 17.3. The normalized spacial score (nSPS) is 10.2. The van der Waals surface area contributed by atoms with Gasteiger partial charge in [0, 0.05) is 24.3 Å². The predicted octanol–water partition coefficient (Wildman–Crippen LogP) is 3.31. The van der Waals surface area contributed by atoms with Crippen molar-refractivity contribution in [2.24, 2.45) is 0 Å². The summed E-state index contributed by atoms with van der Waals surface area (Å²) in [5.41, 5.74) is 2.11. The number of anilines is 4. The van der Waals surface area contributed by atoms with E-state index < -0.39 is 0 Å². The maximum absolute atomic E-state index is 11.6. The molecule has 0 aliphatic rings. The molecule has 1 aromatic heterocycles. The van der Waals surface area contributed by atoms with E-state index in [0.29, 0.717) is 17.2 Å². The fourth-order valence-corrected chi connectivity index (χ4v) is 2.00. The molecule has 24 heavy (non-hydrogen) atoms. The van der Waals surface area contributed by atoms with Gasteiger partial charge >= 0.3 is 6.03 Å². The molecule has 0 saturated carbocycles. The van der Waals surface area contributed by atoms with E-state index in [4.69, 9.17) is 0 Å². The molecule has 0 radical (unpaired) electrons. The molecule has 0 fully saturated rings. The molecule has 2 rings (SSSR count). The minimum Gasteiger partial charge on any atom is -0.340 e. The topological polar surface area (TPSA) is 95.2 Å². The number of benzene rings is 1. The van der Waals surface area contributed by atoms with Gasteiger partial charge in [0.15, 0.2) is 0 Å². The van der Waals surface area contributed by atoms with E-state index in [1.165, 1.54) is 6.92 Å². The third-order valence-corrected chi connectivity index (χ3v) is 2.90. The zero-order chi connectivity index (χ0) is 17.5. The van der Waals surface area contributed by atoms with Crippen LogP contribution in [0.25, 0.3) is 0 Å². The van der Waals surface area contributed by atoms with Gasteiger partial charge in [0.05, 0.1) is 11.9 Å². The van der Waals surface area contributed by atoms with E-state index in [2.05, 4.69) is 26.3 Å². The minimum absolute atomic E-state index is 0.0646. The zero-order valence-corrected chi connectivity index (χ0v) is 13.9. The van der Waals surface area contributed by atoms with Gasteiger partial charge in [0.2, 0.25) is 5.91 Å². The van der Waals surface area contributed by atoms with Crippen molar-refractivity contribution in [3.05, 3.63) is 42.6 Å². The Hall–Kier alpha value is -3.09. The van der Waals surface area contributed by atoms with E-state index in [0.717, 1.165) is 5.69 Å². The van der Waals surface area contributed by atoms with Gasteiger partial charge < -0.3 is 21.3 Å². The van der Waals surface area contributed by atoms with Crippen LogP contribution in [0.15, 0.2) is 42.6 Å². The van der Waals surface area contributed by atoms with Crippen LogP contribution in [0.3, 0.4) is 0 Å². The average molecular weight is 327 g/mol. The van der Waals surface area contributed by atoms with Crippen molar-refractivity contribution in [2.45, 2.75) is 26.8 Å². The Balaban J connectivity index is 1.99. The number of nitrogens with zero attached hydrogens (tertiary/aromatic N) is 1. The number of carbonyl (C=O) groups is 2. The Morgan fingerprint density at radius 3 is 2.38 bits per heavy atom. The molecule has 3 amide bonds. The van der Waals surface area contributed by atoms with Crippen molar-refractivity contribution in [3.8, 4) is 0 Å². The Morgan fingerprint density at radius 1 is 1.00 bits per heavy atom. The van der Waals surface area contributed by atoms with Crippen LogP contribution in [0, 0.1) is 0 Å². The number of aromatic nitrogens is 1. The summed E-state index contributed by atoms with van der Waals surface area (Å²) in [5.74, 6) is 0.505. The quantitative estimate of drug-likeness (QED) is 0.677. The first-order valence-corrected chi connectivity index (χ1v) is 7.60. The van der Waals surface area contributed by atoms with Gasteiger partial charge in [-0.05, 0) is 44.2 Å². The fraction of sp³-hybridized carbons (Fsp3) is 0.235. The van der Waals surface area contributed by atoms with Crippen molar-refractivity contribution in [1.29, 1.82) is 0 Å². The second-order valence-electron chi connectivity index (χ2n) is 5.57. The van der Waals surface area contributed by atoms with Gasteiger partial charge in [-0.1, -0.05) is 6.07 Å². The fourth-order valence-electron chi connectivity index (χ4n) is 2.00. The van der Waals surface area contributed by atoms with Crippen LogP contribution in [0.5, 0.6) is 0 Å². The van der Waals surface area contributed by atoms with Crippen LogP contribution in [-0.2, 0) is 4.79 Å². The van der Waals surface area contributed by atoms with Crippen LogP contribution in [0.4, 0.5) is 27.7 Å². The van der Waals surface area contributed by atoms with Crippen molar-refractivity contribution in [3.63, 3.8) is 0 Å². The lowest BCUT2D eigenvalue weighted by atomic mass is 10.2. The lowest BCUT2D eigenvalue weighted by molar-refractivity contribution is -0.114. The highest BCUT2D eigenvalue weighted by Crippen LogP contribution is 2.19. The molecule has 7 heteroatoms. The summed E-state index contributed by atoms with van der Waals surface area (Å²) >= 11 is 0. The van der Waals surface area contributed by atoms with E-state index in [1.54, 1.807) is 24.4 Å². The van der Waals surface area contributed by atoms with E-state index >= 15 is 0 Å². The molecule has 0 aliphatic carbocycles. The molecule has 7 nitrogen and oxygen atoms in total. The van der Waals surface area contributed by atoms with Gasteiger partial charge in [-0.2, -0.15) is 0 Å². The largest absolute Gasteiger partial charge is 0.340 e. The van der Waals surface area contributed by atoms with E-state index in [9.17, 15) is 9.59 Å². The lowest BCUT2D eigenvalue weighted by Gasteiger charge is -2.11. The van der Waals surface area contributed by atoms with Crippen LogP contribution in [0.1, 0.15) is 20.8 Å². The molecule has 126 valence electrons. The van der Waals surface area contributed by atoms with Crippen molar-refractivity contribution < 1.29 is 9.59 Å². The van der Waals surface area contributed by atoms with E-state index in [-0.39, 0.29) is 18.0 Å². The second-order valence-corrected chi connectivity index (χ2v) is 5.57. The standard InChI is InChI=1S/C17H21N5O2/c1-11(2)19-17(24)22-15-7-8-16(18-10-15)21-14-6-4-5-13(9-14)20-12(3)23/h4-11H,1-3H3,(H,18,21)(H,20,23)(H2,19,22,24). The Morgan fingerprint density at radius 2 is 1.75 bits per heavy atom. The van der Waals surface area contributed by atoms with Gasteiger partial charge in [-0.25, -0.2) is 9.78 Å². The molecule has 4 N–H and O–H groups in total. The Labute approximate surface area is 140 Å². The second kappa shape index (κ2) is 7.96. The number of urea groups is 1. The summed E-state index contributed by atoms with van der Waals surface area (Å²) in [5, 5.41) is 11.3. The molecule has 0 unspecified atom stereocenters. The Kier molecular flexibility index (Phi) is 5.73. The Bertz CT molecular complexity index is 713. The molecule has 0 spiro atoms. The van der Waals surface area contributed by atoms with Crippen molar-refractivity contribution >= 4 is 34.8 Å². The van der Waals surface area contributed by atoms with Gasteiger partial charge in [0.25, 0.3) is 0 Å². The SMILES string of the molecule is CC(=O)Nc1cccc(Nc2ccc(NC(=O)NC(C)C)cn2)c1. The lowest BCUT2D eigenvalue weighted by Crippen LogP contribution is -2.34. The summed E-state index contributed by atoms with van der Waals surface area (Å²) in [6.45, 7) is 5.24. The number of hydrogen-bond acceptors (Lipinski definition) is 4. The van der Waals surface area contributed by atoms with Crippen molar-refractivity contribution in [2.75, 3.05) is 16.0 Å². The number of rotatable bonds is 5. The van der Waals surface area contributed by atoms with Crippen LogP contribution >= 0.6 is 0 Å². The van der Waals surface area contributed by atoms with Gasteiger partial charge in [-0.15, -0.1) is 0 Å². The monoisotopic (exact) mass is 327 g/mol. The van der Waals surface area contributed by atoms with Crippen LogP contribution < -0.4 is 21.3 Å². The average Bonchev–Trinajstić information content (AvgIpc) is 2.48. The summed E-state index contributed by atoms with van der Waals surface area (Å²) in [4.78, 5) is 27.0. The molecule has 0 saturated heterocycles. The highest BCUT2D eigenvalue weighted by molar-refractivity contribution is 5.90. The number of hydrogen-bond donors (Lipinski definition) is 4. The molecular weight excluding hydrogens is 306 g/mol. The molecule has 0 bridgehead atoms. The van der Waals surface area contributed by atoms with E-state index in [1.807, 2.05) is 32.0 Å². The number of nitrogens with one attached hydrogen (secondary N) is 4. The van der Waals surface area contributed by atoms with Crippen molar-refractivity contribution in [1.82, 2.24) is 10.3 Å². The number of amides is 3. The summed E-state index contributed by atoms with van der Waals surface area (Å²) in [6.07, 6.45) is 1.57. The summed E-state index contributed by atoms with van der Waals surface area (Å²) in [7, 11) is 0. The number of pyridine rings is 1. The molecule has 1 aromatic carbocycles.